The normalized spacial score (nSPS) is 13.3. The largest absolute Gasteiger partial charge is 0.313 e. The summed E-state index contributed by atoms with van der Waals surface area (Å²) in [5.41, 5.74) is 0.974. The summed E-state index contributed by atoms with van der Waals surface area (Å²) in [6.07, 6.45) is 4.42. The lowest BCUT2D eigenvalue weighted by Gasteiger charge is -2.10. The molecule has 0 amide bonds. The first-order valence-electron chi connectivity index (χ1n) is 6.67. The van der Waals surface area contributed by atoms with Gasteiger partial charge in [0.05, 0.1) is 0 Å². The molecule has 0 saturated heterocycles. The van der Waals surface area contributed by atoms with Crippen molar-refractivity contribution in [1.82, 2.24) is 15.0 Å². The molecule has 0 aliphatic heterocycles. The maximum absolute atomic E-state index is 12.0. The lowest BCUT2D eigenvalue weighted by Crippen LogP contribution is -2.27. The Morgan fingerprint density at radius 3 is 2.70 bits per heavy atom. The first-order valence-corrected chi connectivity index (χ1v) is 9.44. The van der Waals surface area contributed by atoms with Crippen molar-refractivity contribution in [3.8, 4) is 0 Å². The van der Waals surface area contributed by atoms with Gasteiger partial charge in [-0.1, -0.05) is 19.9 Å². The van der Waals surface area contributed by atoms with Gasteiger partial charge in [0, 0.05) is 24.5 Å². The van der Waals surface area contributed by atoms with Gasteiger partial charge in [-0.25, -0.2) is 18.1 Å². The number of pyridine rings is 1. The molecule has 5 nitrogen and oxygen atoms in total. The van der Waals surface area contributed by atoms with E-state index >= 15 is 0 Å². The highest BCUT2D eigenvalue weighted by atomic mass is 32.2. The first kappa shape index (κ1) is 17.4. The third-order valence-electron chi connectivity index (χ3n) is 2.90. The van der Waals surface area contributed by atoms with Crippen molar-refractivity contribution < 1.29 is 8.42 Å². The molecule has 0 radical (unpaired) electrons. The Morgan fingerprint density at radius 1 is 1.40 bits per heavy atom. The molecule has 1 unspecified atom stereocenters. The fraction of sp³-hybridized carbons (Fsp3) is 0.615. The predicted octanol–water partition coefficient (Wildman–Crippen LogP) is 1.61. The highest BCUT2D eigenvalue weighted by Crippen LogP contribution is 2.10. The zero-order chi connectivity index (χ0) is 15.0. The molecular weight excluding hydrogens is 294 g/mol. The number of sulfonamides is 1. The molecule has 7 heteroatoms. The van der Waals surface area contributed by atoms with E-state index in [1.165, 1.54) is 0 Å². The van der Waals surface area contributed by atoms with Gasteiger partial charge >= 0.3 is 0 Å². The molecule has 1 atom stereocenters. The lowest BCUT2D eigenvalue weighted by atomic mass is 10.3. The number of nitrogens with zero attached hydrogens (tertiary/aromatic N) is 1. The Labute approximate surface area is 126 Å². The minimum Gasteiger partial charge on any atom is -0.313 e. The number of rotatable bonds is 9. The number of hydrogen-bond acceptors (Lipinski definition) is 5. The predicted molar refractivity (Wildman–Crippen MR) is 84.4 cm³/mol. The second-order valence-electron chi connectivity index (χ2n) is 4.52. The van der Waals surface area contributed by atoms with Crippen LogP contribution < -0.4 is 10.0 Å². The molecule has 0 aromatic carbocycles. The van der Waals surface area contributed by atoms with Crippen LogP contribution in [0.5, 0.6) is 0 Å². The summed E-state index contributed by atoms with van der Waals surface area (Å²) in [6, 6.07) is 3.34. The second-order valence-corrected chi connectivity index (χ2v) is 7.51. The van der Waals surface area contributed by atoms with Crippen molar-refractivity contribution in [2.45, 2.75) is 37.1 Å². The molecule has 20 heavy (non-hydrogen) atoms. The molecule has 1 rings (SSSR count). The number of hydrogen-bond donors (Lipinski definition) is 2. The van der Waals surface area contributed by atoms with Crippen molar-refractivity contribution in [2.24, 2.45) is 0 Å². The van der Waals surface area contributed by atoms with E-state index in [0.29, 0.717) is 18.3 Å². The van der Waals surface area contributed by atoms with Crippen LogP contribution in [-0.4, -0.2) is 38.0 Å². The Hall–Kier alpha value is -0.630. The van der Waals surface area contributed by atoms with E-state index in [9.17, 15) is 8.42 Å². The van der Waals surface area contributed by atoms with Gasteiger partial charge in [0.1, 0.15) is 0 Å². The van der Waals surface area contributed by atoms with E-state index < -0.39 is 10.0 Å². The quantitative estimate of drug-likeness (QED) is 0.724. The molecule has 0 aliphatic rings. The van der Waals surface area contributed by atoms with Crippen LogP contribution in [0.2, 0.25) is 0 Å². The monoisotopic (exact) mass is 317 g/mol. The van der Waals surface area contributed by atoms with Crippen LogP contribution in [0.3, 0.4) is 0 Å². The highest BCUT2D eigenvalue weighted by molar-refractivity contribution is 7.99. The summed E-state index contributed by atoms with van der Waals surface area (Å²) in [7, 11) is -3.49. The third-order valence-corrected chi connectivity index (χ3v) is 5.31. The summed E-state index contributed by atoms with van der Waals surface area (Å²) in [4.78, 5) is 4.03. The van der Waals surface area contributed by atoms with Crippen LogP contribution in [0.4, 0.5) is 0 Å². The minimum absolute atomic E-state index is 0.0783. The molecule has 114 valence electrons. The Balaban J connectivity index is 2.58. The van der Waals surface area contributed by atoms with Crippen LogP contribution >= 0.6 is 11.8 Å². The van der Waals surface area contributed by atoms with E-state index in [2.05, 4.69) is 21.9 Å². The van der Waals surface area contributed by atoms with Crippen molar-refractivity contribution in [1.29, 1.82) is 0 Å². The van der Waals surface area contributed by atoms with E-state index in [1.54, 1.807) is 30.1 Å². The van der Waals surface area contributed by atoms with Crippen LogP contribution in [0.1, 0.15) is 25.8 Å². The van der Waals surface area contributed by atoms with E-state index in [4.69, 9.17) is 0 Å². The average molecular weight is 317 g/mol. The van der Waals surface area contributed by atoms with E-state index in [0.717, 1.165) is 18.5 Å². The van der Waals surface area contributed by atoms with Gasteiger partial charge in [0.25, 0.3) is 10.0 Å². The SMILES string of the molecule is CCNCc1ccc(S(=O)(=O)NCCC(C)SC)nc1. The Morgan fingerprint density at radius 2 is 2.15 bits per heavy atom. The molecule has 0 saturated carbocycles. The summed E-state index contributed by atoms with van der Waals surface area (Å²) in [6.45, 7) is 6.10. The molecule has 0 fully saturated rings. The van der Waals surface area contributed by atoms with Crippen LogP contribution in [0.25, 0.3) is 0 Å². The second kappa shape index (κ2) is 8.61. The van der Waals surface area contributed by atoms with E-state index in [-0.39, 0.29) is 5.03 Å². The van der Waals surface area contributed by atoms with Crippen molar-refractivity contribution in [3.63, 3.8) is 0 Å². The third kappa shape index (κ3) is 5.78. The molecule has 2 N–H and O–H groups in total. The van der Waals surface area contributed by atoms with Crippen molar-refractivity contribution >= 4 is 21.8 Å². The van der Waals surface area contributed by atoms with Gasteiger partial charge in [0.2, 0.25) is 0 Å². The topological polar surface area (TPSA) is 71.1 Å². The first-order chi connectivity index (χ1) is 9.49. The average Bonchev–Trinajstić information content (AvgIpc) is 2.45. The fourth-order valence-electron chi connectivity index (χ4n) is 1.53. The van der Waals surface area contributed by atoms with Gasteiger partial charge in [-0.15, -0.1) is 0 Å². The number of nitrogens with one attached hydrogen (secondary N) is 2. The molecule has 0 spiro atoms. The van der Waals surface area contributed by atoms with Gasteiger partial charge < -0.3 is 5.32 Å². The lowest BCUT2D eigenvalue weighted by molar-refractivity contribution is 0.575. The summed E-state index contributed by atoms with van der Waals surface area (Å²) >= 11 is 1.72. The number of aromatic nitrogens is 1. The van der Waals surface area contributed by atoms with Crippen LogP contribution in [0, 0.1) is 0 Å². The zero-order valence-corrected chi connectivity index (χ0v) is 13.9. The standard InChI is InChI=1S/C13H23N3O2S2/c1-4-14-9-12-5-6-13(15-10-12)20(17,18)16-8-7-11(2)19-3/h5-6,10-11,14,16H,4,7-9H2,1-3H3. The molecule has 0 bridgehead atoms. The van der Waals surface area contributed by atoms with Gasteiger partial charge in [0.15, 0.2) is 5.03 Å². The maximum atomic E-state index is 12.0. The molecule has 1 heterocycles. The summed E-state index contributed by atoms with van der Waals surface area (Å²) < 4.78 is 26.6. The van der Waals surface area contributed by atoms with Crippen LogP contribution in [-0.2, 0) is 16.6 Å². The molecule has 0 aliphatic carbocycles. The van der Waals surface area contributed by atoms with Crippen molar-refractivity contribution in [2.75, 3.05) is 19.3 Å². The molecule has 1 aromatic heterocycles. The Bertz CT molecular complexity index is 489. The molecular formula is C13H23N3O2S2. The Kier molecular flexibility index (Phi) is 7.50. The zero-order valence-electron chi connectivity index (χ0n) is 12.2. The van der Waals surface area contributed by atoms with Gasteiger partial charge in [-0.3, -0.25) is 0 Å². The summed E-state index contributed by atoms with van der Waals surface area (Å²) in [5.74, 6) is 0. The summed E-state index contributed by atoms with van der Waals surface area (Å²) in [5, 5.41) is 3.68. The fourth-order valence-corrected chi connectivity index (χ4v) is 2.86. The smallest absolute Gasteiger partial charge is 0.258 e. The van der Waals surface area contributed by atoms with Crippen LogP contribution in [0.15, 0.2) is 23.4 Å². The minimum atomic E-state index is -3.49. The molecule has 1 aromatic rings. The number of thioether (sulfide) groups is 1. The van der Waals surface area contributed by atoms with Gasteiger partial charge in [-0.05, 0) is 30.9 Å². The van der Waals surface area contributed by atoms with Gasteiger partial charge in [-0.2, -0.15) is 11.8 Å². The van der Waals surface area contributed by atoms with E-state index in [1.807, 2.05) is 13.2 Å². The van der Waals surface area contributed by atoms with Crippen molar-refractivity contribution in [3.05, 3.63) is 23.9 Å². The highest BCUT2D eigenvalue weighted by Gasteiger charge is 2.15. The maximum Gasteiger partial charge on any atom is 0.258 e.